The Kier molecular flexibility index (Phi) is 6.66. The van der Waals surface area contributed by atoms with E-state index in [0.29, 0.717) is 17.9 Å². The van der Waals surface area contributed by atoms with Gasteiger partial charge in [-0.3, -0.25) is 5.32 Å². The Morgan fingerprint density at radius 3 is 2.55 bits per heavy atom. The Hall–Kier alpha value is -1.95. The molecule has 0 aliphatic carbocycles. The lowest BCUT2D eigenvalue weighted by molar-refractivity contribution is 0.104. The second-order valence-electron chi connectivity index (χ2n) is 4.23. The number of alkyl carbamates (subject to hydrolysis) is 1. The van der Waals surface area contributed by atoms with Gasteiger partial charge in [0.2, 0.25) is 0 Å². The number of carbonyl (C=O) groups is 1. The summed E-state index contributed by atoms with van der Waals surface area (Å²) in [7, 11) is 4.43. The first kappa shape index (κ1) is 16.1. The molecule has 1 aromatic carbocycles. The average Bonchev–Trinajstić information content (AvgIpc) is 2.46. The fourth-order valence-corrected chi connectivity index (χ4v) is 1.80. The second-order valence-corrected chi connectivity index (χ2v) is 4.23. The number of aliphatic hydroxyl groups is 1. The first-order valence-corrected chi connectivity index (χ1v) is 6.34. The molecular formula is C14H21NO5. The molecule has 0 radical (unpaired) electrons. The van der Waals surface area contributed by atoms with Gasteiger partial charge in [-0.1, -0.05) is 6.07 Å². The minimum Gasteiger partial charge on any atom is -0.493 e. The van der Waals surface area contributed by atoms with Crippen molar-refractivity contribution in [3.63, 3.8) is 0 Å². The molecule has 0 fully saturated rings. The Labute approximate surface area is 118 Å². The summed E-state index contributed by atoms with van der Waals surface area (Å²) in [5.74, 6) is 1.36. The molecule has 0 aromatic heterocycles. The van der Waals surface area contributed by atoms with Crippen LogP contribution >= 0.6 is 0 Å². The zero-order valence-electron chi connectivity index (χ0n) is 12.0. The van der Waals surface area contributed by atoms with Gasteiger partial charge in [0.1, 0.15) is 6.23 Å². The van der Waals surface area contributed by atoms with Crippen LogP contribution in [0.3, 0.4) is 0 Å². The summed E-state index contributed by atoms with van der Waals surface area (Å²) in [6.45, 7) is 0. The molecule has 0 spiro atoms. The highest BCUT2D eigenvalue weighted by Crippen LogP contribution is 2.28. The number of aliphatic hydroxyl groups excluding tert-OH is 1. The number of nitrogens with one attached hydrogen (secondary N) is 1. The highest BCUT2D eigenvalue weighted by atomic mass is 16.5. The number of carbonyl (C=O) groups excluding carboxylic acids is 1. The van der Waals surface area contributed by atoms with Gasteiger partial charge in [0.15, 0.2) is 11.5 Å². The van der Waals surface area contributed by atoms with Gasteiger partial charge < -0.3 is 19.3 Å². The number of ether oxygens (including phenoxy) is 3. The first-order valence-electron chi connectivity index (χ1n) is 6.34. The molecule has 0 heterocycles. The summed E-state index contributed by atoms with van der Waals surface area (Å²) in [5.41, 5.74) is 1.08. The van der Waals surface area contributed by atoms with Crippen LogP contribution in [0.15, 0.2) is 18.2 Å². The lowest BCUT2D eigenvalue weighted by atomic mass is 10.1. The highest BCUT2D eigenvalue weighted by Gasteiger charge is 2.09. The van der Waals surface area contributed by atoms with Crippen molar-refractivity contribution in [2.45, 2.75) is 25.5 Å². The van der Waals surface area contributed by atoms with Gasteiger partial charge in [0.25, 0.3) is 0 Å². The fourth-order valence-electron chi connectivity index (χ4n) is 1.80. The van der Waals surface area contributed by atoms with E-state index in [0.717, 1.165) is 18.4 Å². The van der Waals surface area contributed by atoms with Crippen LogP contribution in [0, 0.1) is 0 Å². The molecule has 1 rings (SSSR count). The Morgan fingerprint density at radius 1 is 1.25 bits per heavy atom. The molecule has 0 saturated carbocycles. The predicted molar refractivity (Wildman–Crippen MR) is 74.0 cm³/mol. The van der Waals surface area contributed by atoms with Crippen LogP contribution < -0.4 is 14.8 Å². The maximum Gasteiger partial charge on any atom is 0.408 e. The largest absolute Gasteiger partial charge is 0.493 e. The number of hydrogen-bond acceptors (Lipinski definition) is 5. The van der Waals surface area contributed by atoms with E-state index < -0.39 is 12.3 Å². The molecule has 0 aliphatic heterocycles. The summed E-state index contributed by atoms with van der Waals surface area (Å²) < 4.78 is 14.8. The van der Waals surface area contributed by atoms with Crippen molar-refractivity contribution < 1.29 is 24.1 Å². The van der Waals surface area contributed by atoms with E-state index in [-0.39, 0.29) is 0 Å². The quantitative estimate of drug-likeness (QED) is 0.745. The molecule has 6 nitrogen and oxygen atoms in total. The summed E-state index contributed by atoms with van der Waals surface area (Å²) in [4.78, 5) is 10.9. The second kappa shape index (κ2) is 8.27. The third-order valence-electron chi connectivity index (χ3n) is 2.86. The van der Waals surface area contributed by atoms with Crippen molar-refractivity contribution in [3.8, 4) is 11.5 Å². The number of amides is 1. The van der Waals surface area contributed by atoms with Crippen molar-refractivity contribution in [2.75, 3.05) is 21.3 Å². The molecule has 0 saturated heterocycles. The molecular weight excluding hydrogens is 262 g/mol. The van der Waals surface area contributed by atoms with Crippen LogP contribution in [-0.4, -0.2) is 38.8 Å². The summed E-state index contributed by atoms with van der Waals surface area (Å²) in [6, 6.07) is 5.69. The molecule has 6 heteroatoms. The molecule has 0 aliphatic rings. The topological polar surface area (TPSA) is 77.0 Å². The van der Waals surface area contributed by atoms with Gasteiger partial charge in [-0.25, -0.2) is 4.79 Å². The lowest BCUT2D eigenvalue weighted by Gasteiger charge is -2.12. The van der Waals surface area contributed by atoms with Crippen molar-refractivity contribution >= 4 is 6.09 Å². The standard InChI is InChI=1S/C14H21NO5/c1-18-11-8-7-10(9-12(11)19-2)5-4-6-13(16)15-14(17)20-3/h7-9,13,16H,4-6H2,1-3H3,(H,15,17). The van der Waals surface area contributed by atoms with Crippen molar-refractivity contribution in [1.29, 1.82) is 0 Å². The number of rotatable bonds is 7. The molecule has 2 N–H and O–H groups in total. The van der Waals surface area contributed by atoms with Crippen LogP contribution in [0.4, 0.5) is 4.79 Å². The number of benzene rings is 1. The van der Waals surface area contributed by atoms with Gasteiger partial charge in [-0.05, 0) is 37.0 Å². The van der Waals surface area contributed by atoms with Gasteiger partial charge in [-0.15, -0.1) is 0 Å². The predicted octanol–water partition coefficient (Wildman–Crippen LogP) is 1.70. The van der Waals surface area contributed by atoms with Crippen LogP contribution in [0.5, 0.6) is 11.5 Å². The van der Waals surface area contributed by atoms with E-state index in [4.69, 9.17) is 9.47 Å². The van der Waals surface area contributed by atoms with E-state index in [1.165, 1.54) is 7.11 Å². The Balaban J connectivity index is 2.44. The van der Waals surface area contributed by atoms with Gasteiger partial charge in [0.05, 0.1) is 21.3 Å². The zero-order chi connectivity index (χ0) is 15.0. The third-order valence-corrected chi connectivity index (χ3v) is 2.86. The van der Waals surface area contributed by atoms with Crippen molar-refractivity contribution in [3.05, 3.63) is 23.8 Å². The maximum absolute atomic E-state index is 10.9. The van der Waals surface area contributed by atoms with Gasteiger partial charge >= 0.3 is 6.09 Å². The Bertz CT molecular complexity index is 436. The number of aryl methyl sites for hydroxylation is 1. The van der Waals surface area contributed by atoms with Crippen LogP contribution in [0.2, 0.25) is 0 Å². The van der Waals surface area contributed by atoms with E-state index >= 15 is 0 Å². The summed E-state index contributed by atoms with van der Waals surface area (Å²) in [6.07, 6.45) is 0.399. The highest BCUT2D eigenvalue weighted by molar-refractivity contribution is 5.67. The van der Waals surface area contributed by atoms with Crippen molar-refractivity contribution in [2.24, 2.45) is 0 Å². The van der Waals surface area contributed by atoms with E-state index in [1.807, 2.05) is 18.2 Å². The van der Waals surface area contributed by atoms with Crippen molar-refractivity contribution in [1.82, 2.24) is 5.32 Å². The van der Waals surface area contributed by atoms with Crippen LogP contribution in [0.25, 0.3) is 0 Å². The fraction of sp³-hybridized carbons (Fsp3) is 0.500. The molecule has 1 atom stereocenters. The Morgan fingerprint density at radius 2 is 1.95 bits per heavy atom. The van der Waals surface area contributed by atoms with E-state index in [9.17, 15) is 9.90 Å². The summed E-state index contributed by atoms with van der Waals surface area (Å²) in [5, 5.41) is 11.9. The minimum atomic E-state index is -0.900. The van der Waals surface area contributed by atoms with Gasteiger partial charge in [-0.2, -0.15) is 0 Å². The zero-order valence-corrected chi connectivity index (χ0v) is 12.0. The molecule has 20 heavy (non-hydrogen) atoms. The van der Waals surface area contributed by atoms with Gasteiger partial charge in [0, 0.05) is 0 Å². The molecule has 1 aromatic rings. The first-order chi connectivity index (χ1) is 9.60. The molecule has 1 amide bonds. The number of hydrogen-bond donors (Lipinski definition) is 2. The third kappa shape index (κ3) is 4.97. The average molecular weight is 283 g/mol. The normalized spacial score (nSPS) is 11.6. The molecule has 112 valence electrons. The maximum atomic E-state index is 10.9. The van der Waals surface area contributed by atoms with Crippen LogP contribution in [-0.2, 0) is 11.2 Å². The minimum absolute atomic E-state index is 0.448. The summed E-state index contributed by atoms with van der Waals surface area (Å²) >= 11 is 0. The molecule has 0 bridgehead atoms. The van der Waals surface area contributed by atoms with E-state index in [2.05, 4.69) is 10.1 Å². The smallest absolute Gasteiger partial charge is 0.408 e. The monoisotopic (exact) mass is 283 g/mol. The molecule has 1 unspecified atom stereocenters. The number of methoxy groups -OCH3 is 3. The van der Waals surface area contributed by atoms with E-state index in [1.54, 1.807) is 14.2 Å². The SMILES string of the molecule is COC(=O)NC(O)CCCc1ccc(OC)c(OC)c1. The van der Waals surface area contributed by atoms with Crippen LogP contribution in [0.1, 0.15) is 18.4 Å². The lowest BCUT2D eigenvalue weighted by Crippen LogP contribution is -2.34.